The van der Waals surface area contributed by atoms with Crippen molar-refractivity contribution in [3.63, 3.8) is 0 Å². The van der Waals surface area contributed by atoms with Gasteiger partial charge in [-0.15, -0.1) is 0 Å². The van der Waals surface area contributed by atoms with Crippen molar-refractivity contribution in [1.29, 1.82) is 0 Å². The minimum absolute atomic E-state index is 0.721. The molecule has 0 aliphatic carbocycles. The molecule has 10 heavy (non-hydrogen) atoms. The van der Waals surface area contributed by atoms with E-state index in [4.69, 9.17) is 5.11 Å². The van der Waals surface area contributed by atoms with Gasteiger partial charge in [-0.1, -0.05) is 0 Å². The van der Waals surface area contributed by atoms with Gasteiger partial charge in [0.15, 0.2) is 0 Å². The zero-order valence-corrected chi connectivity index (χ0v) is 6.16. The highest BCUT2D eigenvalue weighted by Crippen LogP contribution is 2.37. The first-order valence-electron chi connectivity index (χ1n) is 2.89. The molecule has 0 aromatic carbocycles. The number of alkyl halides is 3. The second-order valence-electron chi connectivity index (χ2n) is 2.98. The van der Waals surface area contributed by atoms with E-state index < -0.39 is 17.7 Å². The van der Waals surface area contributed by atoms with Crippen molar-refractivity contribution in [2.75, 3.05) is 0 Å². The van der Waals surface area contributed by atoms with Crippen LogP contribution in [0.2, 0.25) is 0 Å². The van der Waals surface area contributed by atoms with E-state index in [2.05, 4.69) is 0 Å². The Morgan fingerprint density at radius 2 is 1.50 bits per heavy atom. The van der Waals surface area contributed by atoms with Crippen molar-refractivity contribution >= 4 is 0 Å². The first-order valence-corrected chi connectivity index (χ1v) is 2.89. The van der Waals surface area contributed by atoms with Crippen LogP contribution >= 0.6 is 0 Å². The number of rotatable bonds is 2. The molecule has 0 radical (unpaired) electrons. The fraction of sp³-hybridized carbons (Fsp3) is 1.00. The normalized spacial score (nSPS) is 19.2. The van der Waals surface area contributed by atoms with Gasteiger partial charge in [0, 0.05) is 0 Å². The third kappa shape index (κ3) is 1.62. The molecule has 0 aromatic heterocycles. The zero-order chi connectivity index (χ0) is 8.58. The minimum atomic E-state index is -2.87. The summed E-state index contributed by atoms with van der Waals surface area (Å²) < 4.78 is 36.3. The molecule has 0 aromatic rings. The summed E-state index contributed by atoms with van der Waals surface area (Å²) in [6.07, 6.45) is -2.87. The highest BCUT2D eigenvalue weighted by Gasteiger charge is 2.47. The van der Waals surface area contributed by atoms with Crippen LogP contribution in [0.15, 0.2) is 0 Å². The molecule has 62 valence electrons. The highest BCUT2D eigenvalue weighted by molar-refractivity contribution is 4.82. The first-order chi connectivity index (χ1) is 4.19. The Kier molecular flexibility index (Phi) is 2.36. The minimum Gasteiger partial charge on any atom is -0.361 e. The molecule has 0 fully saturated rings. The van der Waals surface area contributed by atoms with Crippen molar-refractivity contribution in [1.82, 2.24) is 0 Å². The van der Waals surface area contributed by atoms with Crippen LogP contribution in [-0.2, 0) is 0 Å². The van der Waals surface area contributed by atoms with Gasteiger partial charge >= 0.3 is 0 Å². The van der Waals surface area contributed by atoms with Gasteiger partial charge in [0.05, 0.1) is 5.41 Å². The van der Waals surface area contributed by atoms with Gasteiger partial charge in [-0.25, -0.2) is 13.2 Å². The molecule has 0 spiro atoms. The Hall–Kier alpha value is -0.250. The maximum atomic E-state index is 12.5. The van der Waals surface area contributed by atoms with Crippen molar-refractivity contribution in [2.45, 2.75) is 33.1 Å². The van der Waals surface area contributed by atoms with E-state index >= 15 is 0 Å². The van der Waals surface area contributed by atoms with E-state index in [1.807, 2.05) is 0 Å². The van der Waals surface area contributed by atoms with Gasteiger partial charge < -0.3 is 5.11 Å². The lowest BCUT2D eigenvalue weighted by Crippen LogP contribution is -2.42. The molecule has 0 bridgehead atoms. The Morgan fingerprint density at radius 1 is 1.20 bits per heavy atom. The van der Waals surface area contributed by atoms with Gasteiger partial charge in [-0.05, 0) is 20.8 Å². The lowest BCUT2D eigenvalue weighted by molar-refractivity contribution is -0.205. The quantitative estimate of drug-likeness (QED) is 0.647. The average molecular weight is 156 g/mol. The van der Waals surface area contributed by atoms with Crippen LogP contribution in [0.5, 0.6) is 0 Å². The summed E-state index contributed by atoms with van der Waals surface area (Å²) >= 11 is 0. The number of aliphatic hydroxyl groups is 1. The van der Waals surface area contributed by atoms with E-state index in [0.717, 1.165) is 20.8 Å². The molecule has 1 nitrogen and oxygen atoms in total. The fourth-order valence-electron chi connectivity index (χ4n) is 0.199. The van der Waals surface area contributed by atoms with Crippen molar-refractivity contribution in [3.05, 3.63) is 0 Å². The number of hydrogen-bond donors (Lipinski definition) is 1. The summed E-state index contributed by atoms with van der Waals surface area (Å²) in [6, 6.07) is 0. The van der Waals surface area contributed by atoms with Crippen LogP contribution < -0.4 is 0 Å². The molecule has 0 amide bonds. The number of halogens is 3. The monoisotopic (exact) mass is 156 g/mol. The molecule has 1 unspecified atom stereocenters. The second-order valence-corrected chi connectivity index (χ2v) is 2.98. The highest BCUT2D eigenvalue weighted by atomic mass is 19.3. The molecule has 0 saturated heterocycles. The maximum absolute atomic E-state index is 12.5. The van der Waals surface area contributed by atoms with E-state index in [0.29, 0.717) is 0 Å². The van der Waals surface area contributed by atoms with Gasteiger partial charge in [0.1, 0.15) is 0 Å². The van der Waals surface area contributed by atoms with Crippen LogP contribution in [0.25, 0.3) is 0 Å². The summed E-state index contributed by atoms with van der Waals surface area (Å²) in [5.41, 5.74) is -2.01. The lowest BCUT2D eigenvalue weighted by atomic mass is 9.86. The molecule has 4 heteroatoms. The number of hydrogen-bond acceptors (Lipinski definition) is 1. The van der Waals surface area contributed by atoms with E-state index in [-0.39, 0.29) is 0 Å². The SMILES string of the molecule is CC(O)(F)C(C)(C)C(F)F. The molecule has 1 atom stereocenters. The largest absolute Gasteiger partial charge is 0.361 e. The molecule has 0 aliphatic heterocycles. The molecule has 0 saturated carbocycles. The van der Waals surface area contributed by atoms with Gasteiger partial charge in [0.2, 0.25) is 12.3 Å². The molecule has 0 rings (SSSR count). The van der Waals surface area contributed by atoms with E-state index in [1.165, 1.54) is 0 Å². The molecular formula is C6H11F3O. The van der Waals surface area contributed by atoms with Crippen molar-refractivity contribution in [2.24, 2.45) is 5.41 Å². The lowest BCUT2D eigenvalue weighted by Gasteiger charge is -2.32. The second kappa shape index (κ2) is 2.42. The average Bonchev–Trinajstić information content (AvgIpc) is 1.62. The van der Waals surface area contributed by atoms with Crippen LogP contribution in [0.3, 0.4) is 0 Å². The Balaban J connectivity index is 4.40. The summed E-state index contributed by atoms with van der Waals surface area (Å²) in [5.74, 6) is -2.83. The standard InChI is InChI=1S/C6H11F3O/c1-5(2,4(7)8)6(3,9)10/h4,10H,1-3H3. The first kappa shape index (κ1) is 9.75. The third-order valence-electron chi connectivity index (χ3n) is 1.72. The maximum Gasteiger partial charge on any atom is 0.249 e. The topological polar surface area (TPSA) is 20.2 Å². The summed E-state index contributed by atoms with van der Waals surface area (Å²) in [6.45, 7) is 2.66. The van der Waals surface area contributed by atoms with E-state index in [9.17, 15) is 13.2 Å². The summed E-state index contributed by atoms with van der Waals surface area (Å²) in [7, 11) is 0. The predicted octanol–water partition coefficient (Wildman–Crippen LogP) is 1.96. The van der Waals surface area contributed by atoms with Crippen molar-refractivity contribution < 1.29 is 18.3 Å². The Morgan fingerprint density at radius 3 is 1.50 bits per heavy atom. The van der Waals surface area contributed by atoms with E-state index in [1.54, 1.807) is 0 Å². The van der Waals surface area contributed by atoms with Crippen molar-refractivity contribution in [3.8, 4) is 0 Å². The molecule has 0 heterocycles. The summed E-state index contributed by atoms with van der Waals surface area (Å²) in [5, 5.41) is 8.57. The fourth-order valence-corrected chi connectivity index (χ4v) is 0.199. The Labute approximate surface area is 57.9 Å². The van der Waals surface area contributed by atoms with Crippen LogP contribution in [-0.4, -0.2) is 17.4 Å². The zero-order valence-electron chi connectivity index (χ0n) is 6.16. The molecular weight excluding hydrogens is 145 g/mol. The van der Waals surface area contributed by atoms with Crippen LogP contribution in [0.4, 0.5) is 13.2 Å². The summed E-state index contributed by atoms with van der Waals surface area (Å²) in [4.78, 5) is 0. The van der Waals surface area contributed by atoms with Crippen LogP contribution in [0, 0.1) is 5.41 Å². The van der Waals surface area contributed by atoms with Gasteiger partial charge in [0.25, 0.3) is 0 Å². The van der Waals surface area contributed by atoms with Crippen LogP contribution in [0.1, 0.15) is 20.8 Å². The molecule has 1 N–H and O–H groups in total. The Bertz CT molecular complexity index is 115. The van der Waals surface area contributed by atoms with Gasteiger partial charge in [-0.3, -0.25) is 0 Å². The predicted molar refractivity (Wildman–Crippen MR) is 31.5 cm³/mol. The molecule has 0 aliphatic rings. The van der Waals surface area contributed by atoms with Gasteiger partial charge in [-0.2, -0.15) is 0 Å². The third-order valence-corrected chi connectivity index (χ3v) is 1.72. The smallest absolute Gasteiger partial charge is 0.249 e.